The number of nitrogens with zero attached hydrogens (tertiary/aromatic N) is 13. The van der Waals surface area contributed by atoms with Gasteiger partial charge in [-0.3, -0.25) is 25.0 Å². The third-order valence-electron chi connectivity index (χ3n) is 16.6. The van der Waals surface area contributed by atoms with E-state index in [9.17, 15) is 26.4 Å². The SMILES string of the molecule is CNc1c(S(C)(=O)=O)c(C2C[C@H]3CC[C@@H](C2)C3)nc2c(-c3ccc(-c4ccccc4)nc3)cnn12.CNc1c(S(C)(=O)=O)c(C2C[C@H]3CC[C@@H](C2)N3C(=O)c2ncn[nH]2)nc2c(-c3ccc(-c4ccccc4)nc3)cnn12.O=C(O)c1ncn[nH]1. The number of fused-ring (bicyclic) bond motifs is 6. The Bertz CT molecular complexity index is 4270. The summed E-state index contributed by atoms with van der Waals surface area (Å²) in [6.45, 7) is 0. The van der Waals surface area contributed by atoms with Gasteiger partial charge in [0.15, 0.2) is 31.0 Å². The molecule has 2 saturated carbocycles. The van der Waals surface area contributed by atoms with Crippen LogP contribution in [0.3, 0.4) is 0 Å². The van der Waals surface area contributed by atoms with Crippen molar-refractivity contribution in [3.63, 3.8) is 0 Å². The molecule has 5 N–H and O–H groups in total. The number of pyridine rings is 2. The van der Waals surface area contributed by atoms with E-state index < -0.39 is 25.6 Å². The number of hydrogen-bond acceptors (Lipinski definition) is 18. The molecule has 0 spiro atoms. The van der Waals surface area contributed by atoms with Crippen LogP contribution in [0.5, 0.6) is 0 Å². The molecule has 4 fully saturated rings. The third kappa shape index (κ3) is 11.1. The number of anilines is 2. The molecule has 2 aliphatic heterocycles. The second-order valence-corrected chi connectivity index (χ2v) is 25.9. The van der Waals surface area contributed by atoms with Crippen molar-refractivity contribution in [1.82, 2.24) is 74.4 Å². The summed E-state index contributed by atoms with van der Waals surface area (Å²) in [5, 5.41) is 35.4. The average molecular weight is 1180 g/mol. The van der Waals surface area contributed by atoms with Gasteiger partial charge in [0.05, 0.1) is 35.2 Å². The van der Waals surface area contributed by atoms with Crippen LogP contribution in [0.2, 0.25) is 0 Å². The van der Waals surface area contributed by atoms with Crippen molar-refractivity contribution >= 4 is 54.5 Å². The number of hydrogen-bond donors (Lipinski definition) is 5. The number of carbonyl (C=O) groups is 2. The maximum absolute atomic E-state index is 13.3. The summed E-state index contributed by atoms with van der Waals surface area (Å²) in [5.41, 5.74) is 9.53. The summed E-state index contributed by atoms with van der Waals surface area (Å²) in [4.78, 5) is 52.3. The predicted octanol–water partition coefficient (Wildman–Crippen LogP) is 8.27. The van der Waals surface area contributed by atoms with Crippen LogP contribution >= 0.6 is 0 Å². The molecule has 26 heteroatoms. The number of benzene rings is 2. The Hall–Kier alpha value is -9.30. The molecule has 10 aromatic rings. The molecule has 85 heavy (non-hydrogen) atoms. The lowest BCUT2D eigenvalue weighted by Crippen LogP contribution is -2.46. The standard InChI is InChI=1S/C29H29N9O3S.C27H29N5O2S.C3H3N3O2/c1-30-28-25(42(2,40)41)24(19-12-20-9-10-21(13-19)37(20)29(39)26-32-16-33-36-26)35-27-22(15-34-38(27)28)18-8-11-23(31-14-18)17-6-4-3-5-7-17;1-28-27-25(35(2,33)34)24(21-13-17-8-9-18(12-17)14-21)31-26-22(16-30-32(26)27)20-10-11-23(29-15-20)19-6-4-3-5-7-19;7-3(8)2-4-1-5-6-2/h3-8,11,14-16,19-21,30H,9-10,12-13H2,1-2H3,(H,32,33,36);3-7,10-11,15-18,21,28H,8-9,12-14H2,1-2H3;1H,(H,7,8)(H,4,5,6)/t19?,20-,21+;17-,18+,21?;. The van der Waals surface area contributed by atoms with Crippen molar-refractivity contribution in [2.45, 2.75) is 91.5 Å². The van der Waals surface area contributed by atoms with Gasteiger partial charge in [0.1, 0.15) is 34.1 Å². The molecule has 0 radical (unpaired) electrons. The number of rotatable bonds is 12. The first kappa shape index (κ1) is 56.2. The molecule has 2 saturated heterocycles. The number of amides is 1. The number of H-pyrrole nitrogens is 2. The van der Waals surface area contributed by atoms with Crippen molar-refractivity contribution in [2.24, 2.45) is 11.8 Å². The summed E-state index contributed by atoms with van der Waals surface area (Å²) in [6.07, 6.45) is 20.7. The molecule has 14 rings (SSSR count). The van der Waals surface area contributed by atoms with Crippen molar-refractivity contribution < 1.29 is 31.5 Å². The first-order valence-electron chi connectivity index (χ1n) is 27.9. The molecule has 24 nitrogen and oxygen atoms in total. The number of carbonyl (C=O) groups excluding carboxylic acids is 1. The predicted molar refractivity (Wildman–Crippen MR) is 316 cm³/mol. The Morgan fingerprint density at radius 2 is 0.988 bits per heavy atom. The molecule has 2 aromatic carbocycles. The first-order valence-corrected chi connectivity index (χ1v) is 31.7. The second kappa shape index (κ2) is 23.0. The normalized spacial score (nSPS) is 19.9. The molecule has 6 atom stereocenters. The number of piperidine rings is 1. The van der Waals surface area contributed by atoms with Gasteiger partial charge < -0.3 is 20.6 Å². The van der Waals surface area contributed by atoms with E-state index in [1.165, 1.54) is 38.1 Å². The minimum absolute atomic E-state index is 0.0473. The Morgan fingerprint density at radius 1 is 0.541 bits per heavy atom. The zero-order chi connectivity index (χ0) is 59.1. The van der Waals surface area contributed by atoms with Gasteiger partial charge >= 0.3 is 5.97 Å². The van der Waals surface area contributed by atoms with E-state index in [2.05, 4.69) is 61.2 Å². The lowest BCUT2D eigenvalue weighted by atomic mass is 9.79. The topological polar surface area (TPSA) is 319 Å². The van der Waals surface area contributed by atoms with Crippen LogP contribution in [0, 0.1) is 11.8 Å². The molecule has 1 amide bonds. The number of aromatic nitrogens is 14. The summed E-state index contributed by atoms with van der Waals surface area (Å²) >= 11 is 0. The van der Waals surface area contributed by atoms with Gasteiger partial charge in [0.25, 0.3) is 5.91 Å². The van der Waals surface area contributed by atoms with Crippen LogP contribution in [0.15, 0.2) is 132 Å². The molecule has 10 heterocycles. The number of nitrogens with one attached hydrogen (secondary N) is 4. The number of aromatic carboxylic acids is 1. The highest BCUT2D eigenvalue weighted by Gasteiger charge is 2.46. The molecule has 4 aliphatic rings. The number of carboxylic acids is 1. The lowest BCUT2D eigenvalue weighted by molar-refractivity contribution is 0.0555. The highest BCUT2D eigenvalue weighted by Crippen LogP contribution is 2.50. The zero-order valence-electron chi connectivity index (χ0n) is 46.9. The molecular formula is C59H61N17O7S2. The monoisotopic (exact) mass is 1180 g/mol. The molecule has 8 aromatic heterocycles. The first-order chi connectivity index (χ1) is 41.1. The van der Waals surface area contributed by atoms with Gasteiger partial charge in [0.2, 0.25) is 11.6 Å². The van der Waals surface area contributed by atoms with Crippen LogP contribution in [-0.4, -0.2) is 147 Å². The second-order valence-electron chi connectivity index (χ2n) is 22.0. The van der Waals surface area contributed by atoms with Crippen LogP contribution in [0.4, 0.5) is 11.6 Å². The fourth-order valence-electron chi connectivity index (χ4n) is 13.0. The van der Waals surface area contributed by atoms with Crippen LogP contribution < -0.4 is 10.6 Å². The largest absolute Gasteiger partial charge is 0.475 e. The summed E-state index contributed by atoms with van der Waals surface area (Å²) in [7, 11) is -3.78. The van der Waals surface area contributed by atoms with E-state index >= 15 is 0 Å². The zero-order valence-corrected chi connectivity index (χ0v) is 48.5. The lowest BCUT2D eigenvalue weighted by Gasteiger charge is -2.38. The number of aromatic amines is 2. The van der Waals surface area contributed by atoms with Crippen molar-refractivity contribution in [3.8, 4) is 44.8 Å². The molecule has 4 bridgehead atoms. The van der Waals surface area contributed by atoms with Crippen molar-refractivity contribution in [1.29, 1.82) is 0 Å². The Balaban J connectivity index is 0.000000149. The Morgan fingerprint density at radius 3 is 1.36 bits per heavy atom. The Kier molecular flexibility index (Phi) is 15.2. The molecular weight excluding hydrogens is 1120 g/mol. The van der Waals surface area contributed by atoms with Gasteiger partial charge in [0, 0.05) is 96.3 Å². The van der Waals surface area contributed by atoms with Crippen LogP contribution in [0.1, 0.15) is 102 Å². The van der Waals surface area contributed by atoms with E-state index in [-0.39, 0.29) is 51.3 Å². The van der Waals surface area contributed by atoms with Crippen LogP contribution in [0.25, 0.3) is 56.1 Å². The van der Waals surface area contributed by atoms with Gasteiger partial charge in [-0.25, -0.2) is 41.6 Å². The Labute approximate surface area is 488 Å². The fourth-order valence-corrected chi connectivity index (χ4v) is 15.3. The van der Waals surface area contributed by atoms with E-state index in [0.717, 1.165) is 76.8 Å². The van der Waals surface area contributed by atoms with E-state index in [1.807, 2.05) is 96.0 Å². The third-order valence-corrected chi connectivity index (χ3v) is 18.9. The smallest absolute Gasteiger partial charge is 0.373 e. The average Bonchev–Trinajstić information content (AvgIpc) is 2.07. The van der Waals surface area contributed by atoms with Crippen molar-refractivity contribution in [3.05, 3.63) is 145 Å². The summed E-state index contributed by atoms with van der Waals surface area (Å²) in [6, 6.07) is 27.8. The highest BCUT2D eigenvalue weighted by molar-refractivity contribution is 7.91. The number of sulfone groups is 2. The minimum Gasteiger partial charge on any atom is -0.475 e. The fraction of sp³-hybridized carbons (Fsp3) is 0.322. The van der Waals surface area contributed by atoms with Crippen LogP contribution in [-0.2, 0) is 19.7 Å². The molecule has 436 valence electrons. The maximum atomic E-state index is 13.3. The number of carboxylic acid groups (broad SMARTS) is 1. The molecule has 2 unspecified atom stereocenters. The summed E-state index contributed by atoms with van der Waals surface area (Å²) < 4.78 is 55.7. The van der Waals surface area contributed by atoms with Gasteiger partial charge in [-0.2, -0.15) is 29.4 Å². The highest BCUT2D eigenvalue weighted by atomic mass is 32.2. The quantitative estimate of drug-likeness (QED) is 0.0768. The molecule has 2 aliphatic carbocycles. The van der Waals surface area contributed by atoms with Gasteiger partial charge in [-0.15, -0.1) is 0 Å². The van der Waals surface area contributed by atoms with Crippen molar-refractivity contribution in [2.75, 3.05) is 37.2 Å². The maximum Gasteiger partial charge on any atom is 0.373 e. The van der Waals surface area contributed by atoms with Gasteiger partial charge in [-0.05, 0) is 68.9 Å². The minimum atomic E-state index is -3.69. The van der Waals surface area contributed by atoms with Gasteiger partial charge in [-0.1, -0.05) is 85.6 Å². The summed E-state index contributed by atoms with van der Waals surface area (Å²) in [5.74, 6) is 0.972. The van der Waals surface area contributed by atoms with E-state index in [1.54, 1.807) is 41.7 Å². The van der Waals surface area contributed by atoms with E-state index in [0.29, 0.717) is 59.0 Å². The van der Waals surface area contributed by atoms with E-state index in [4.69, 9.17) is 15.1 Å².